The maximum absolute atomic E-state index is 11.3. The second-order valence-electron chi connectivity index (χ2n) is 3.43. The van der Waals surface area contributed by atoms with E-state index in [1.807, 2.05) is 37.3 Å². The molecule has 1 aromatic carbocycles. The lowest BCUT2D eigenvalue weighted by Gasteiger charge is -2.15. The molecule has 0 aliphatic heterocycles. The number of hydrogen-bond donors (Lipinski definition) is 2. The van der Waals surface area contributed by atoms with E-state index in [2.05, 4.69) is 5.32 Å². The molecule has 0 aliphatic rings. The van der Waals surface area contributed by atoms with Crippen molar-refractivity contribution in [2.24, 2.45) is 5.73 Å². The molecule has 0 aliphatic carbocycles. The second-order valence-corrected chi connectivity index (χ2v) is 3.43. The van der Waals surface area contributed by atoms with Gasteiger partial charge in [-0.15, -0.1) is 0 Å². The average molecular weight is 192 g/mol. The summed E-state index contributed by atoms with van der Waals surface area (Å²) in [5.41, 5.74) is 6.53. The number of nitrogens with two attached hydrogens (primary N) is 1. The molecule has 3 heteroatoms. The van der Waals surface area contributed by atoms with Crippen LogP contribution < -0.4 is 11.1 Å². The standard InChI is InChI=1S/C11H16N2O/c1-8(12)11(14)13-9(2)10-6-4-3-5-7-10/h3-9H,12H2,1-2H3,(H,13,14)/t8?,9-/m0/s1. The maximum atomic E-state index is 11.3. The van der Waals surface area contributed by atoms with Crippen molar-refractivity contribution in [1.29, 1.82) is 0 Å². The number of rotatable bonds is 3. The Kier molecular flexibility index (Phi) is 3.65. The van der Waals surface area contributed by atoms with Crippen LogP contribution in [0, 0.1) is 0 Å². The third-order valence-corrected chi connectivity index (χ3v) is 2.07. The maximum Gasteiger partial charge on any atom is 0.237 e. The first kappa shape index (κ1) is 10.7. The van der Waals surface area contributed by atoms with Crippen LogP contribution in [-0.4, -0.2) is 11.9 Å². The molecule has 2 atom stereocenters. The third kappa shape index (κ3) is 2.85. The van der Waals surface area contributed by atoms with Crippen LogP contribution in [0.3, 0.4) is 0 Å². The van der Waals surface area contributed by atoms with E-state index in [1.54, 1.807) is 6.92 Å². The van der Waals surface area contributed by atoms with Gasteiger partial charge in [0.05, 0.1) is 12.1 Å². The van der Waals surface area contributed by atoms with Gasteiger partial charge in [0.15, 0.2) is 0 Å². The highest BCUT2D eigenvalue weighted by Gasteiger charge is 2.11. The molecule has 1 rings (SSSR count). The fourth-order valence-electron chi connectivity index (χ4n) is 1.17. The molecule has 3 N–H and O–H groups in total. The van der Waals surface area contributed by atoms with Gasteiger partial charge in [0.25, 0.3) is 0 Å². The summed E-state index contributed by atoms with van der Waals surface area (Å²) in [7, 11) is 0. The highest BCUT2D eigenvalue weighted by molar-refractivity contribution is 5.81. The van der Waals surface area contributed by atoms with Crippen molar-refractivity contribution in [2.45, 2.75) is 25.9 Å². The first-order chi connectivity index (χ1) is 6.61. The van der Waals surface area contributed by atoms with Gasteiger partial charge in [0, 0.05) is 0 Å². The molecule has 0 saturated heterocycles. The lowest BCUT2D eigenvalue weighted by molar-refractivity contribution is -0.122. The molecule has 0 fully saturated rings. The minimum Gasteiger partial charge on any atom is -0.348 e. The summed E-state index contributed by atoms with van der Waals surface area (Å²) in [5, 5.41) is 2.83. The van der Waals surface area contributed by atoms with Gasteiger partial charge < -0.3 is 11.1 Å². The molecule has 0 bridgehead atoms. The molecule has 1 amide bonds. The molecule has 1 unspecified atom stereocenters. The molecule has 0 heterocycles. The zero-order valence-electron chi connectivity index (χ0n) is 8.53. The van der Waals surface area contributed by atoms with Crippen LogP contribution in [0.2, 0.25) is 0 Å². The fourth-order valence-corrected chi connectivity index (χ4v) is 1.17. The van der Waals surface area contributed by atoms with Crippen molar-refractivity contribution >= 4 is 5.91 Å². The third-order valence-electron chi connectivity index (χ3n) is 2.07. The van der Waals surface area contributed by atoms with E-state index in [0.29, 0.717) is 0 Å². The van der Waals surface area contributed by atoms with Crippen LogP contribution >= 0.6 is 0 Å². The van der Waals surface area contributed by atoms with E-state index in [4.69, 9.17) is 5.73 Å². The Balaban J connectivity index is 2.59. The number of hydrogen-bond acceptors (Lipinski definition) is 2. The first-order valence-corrected chi connectivity index (χ1v) is 4.72. The normalized spacial score (nSPS) is 14.5. The van der Waals surface area contributed by atoms with Gasteiger partial charge in [-0.25, -0.2) is 0 Å². The number of carbonyl (C=O) groups is 1. The molecular formula is C11H16N2O. The van der Waals surface area contributed by atoms with E-state index in [0.717, 1.165) is 5.56 Å². The molecule has 1 aromatic rings. The molecule has 0 saturated carbocycles. The molecule has 0 radical (unpaired) electrons. The number of nitrogens with one attached hydrogen (secondary N) is 1. The summed E-state index contributed by atoms with van der Waals surface area (Å²) in [6, 6.07) is 9.35. The van der Waals surface area contributed by atoms with Crippen molar-refractivity contribution in [1.82, 2.24) is 5.32 Å². The predicted molar refractivity (Wildman–Crippen MR) is 56.6 cm³/mol. The quantitative estimate of drug-likeness (QED) is 0.756. The Labute approximate surface area is 84.3 Å². The monoisotopic (exact) mass is 192 g/mol. The largest absolute Gasteiger partial charge is 0.348 e. The zero-order valence-corrected chi connectivity index (χ0v) is 8.53. The number of benzene rings is 1. The smallest absolute Gasteiger partial charge is 0.237 e. The van der Waals surface area contributed by atoms with Crippen LogP contribution in [0.25, 0.3) is 0 Å². The van der Waals surface area contributed by atoms with E-state index in [-0.39, 0.29) is 11.9 Å². The molecule has 0 spiro atoms. The average Bonchev–Trinajstić information content (AvgIpc) is 2.19. The van der Waals surface area contributed by atoms with Crippen LogP contribution in [-0.2, 0) is 4.79 Å². The highest BCUT2D eigenvalue weighted by Crippen LogP contribution is 2.10. The lowest BCUT2D eigenvalue weighted by atomic mass is 10.1. The summed E-state index contributed by atoms with van der Waals surface area (Å²) >= 11 is 0. The molecular weight excluding hydrogens is 176 g/mol. The summed E-state index contributed by atoms with van der Waals surface area (Å²) in [5.74, 6) is -0.124. The Bertz CT molecular complexity index is 295. The Morgan fingerprint density at radius 1 is 1.29 bits per heavy atom. The highest BCUT2D eigenvalue weighted by atomic mass is 16.2. The van der Waals surface area contributed by atoms with E-state index < -0.39 is 6.04 Å². The van der Waals surface area contributed by atoms with Gasteiger partial charge in [-0.05, 0) is 19.4 Å². The van der Waals surface area contributed by atoms with Gasteiger partial charge in [0.2, 0.25) is 5.91 Å². The van der Waals surface area contributed by atoms with Gasteiger partial charge in [-0.2, -0.15) is 0 Å². The SMILES string of the molecule is CC(N)C(=O)N[C@@H](C)c1ccccc1. The van der Waals surface area contributed by atoms with Gasteiger partial charge >= 0.3 is 0 Å². The molecule has 0 aromatic heterocycles. The van der Waals surface area contributed by atoms with Crippen molar-refractivity contribution in [3.05, 3.63) is 35.9 Å². The Hall–Kier alpha value is -1.35. The minimum atomic E-state index is -0.457. The molecule has 3 nitrogen and oxygen atoms in total. The molecule has 76 valence electrons. The van der Waals surface area contributed by atoms with Gasteiger partial charge in [0.1, 0.15) is 0 Å². The van der Waals surface area contributed by atoms with E-state index in [1.165, 1.54) is 0 Å². The minimum absolute atomic E-state index is 0.00898. The number of carbonyl (C=O) groups excluding carboxylic acids is 1. The van der Waals surface area contributed by atoms with Crippen molar-refractivity contribution < 1.29 is 4.79 Å². The van der Waals surface area contributed by atoms with Crippen molar-refractivity contribution in [2.75, 3.05) is 0 Å². The Morgan fingerprint density at radius 3 is 2.36 bits per heavy atom. The number of amides is 1. The van der Waals surface area contributed by atoms with E-state index in [9.17, 15) is 4.79 Å². The second kappa shape index (κ2) is 4.77. The zero-order chi connectivity index (χ0) is 10.6. The summed E-state index contributed by atoms with van der Waals surface area (Å²) in [4.78, 5) is 11.3. The Morgan fingerprint density at radius 2 is 1.86 bits per heavy atom. The summed E-state index contributed by atoms with van der Waals surface area (Å²) in [6.45, 7) is 3.61. The van der Waals surface area contributed by atoms with Crippen LogP contribution in [0.5, 0.6) is 0 Å². The van der Waals surface area contributed by atoms with Crippen LogP contribution in [0.15, 0.2) is 30.3 Å². The summed E-state index contributed by atoms with van der Waals surface area (Å²) < 4.78 is 0. The topological polar surface area (TPSA) is 55.1 Å². The van der Waals surface area contributed by atoms with Crippen molar-refractivity contribution in [3.63, 3.8) is 0 Å². The molecule has 14 heavy (non-hydrogen) atoms. The lowest BCUT2D eigenvalue weighted by Crippen LogP contribution is -2.39. The first-order valence-electron chi connectivity index (χ1n) is 4.72. The predicted octanol–water partition coefficient (Wildman–Crippen LogP) is 1.21. The van der Waals surface area contributed by atoms with Gasteiger partial charge in [-0.3, -0.25) is 4.79 Å². The van der Waals surface area contributed by atoms with Crippen molar-refractivity contribution in [3.8, 4) is 0 Å². The fraction of sp³-hybridized carbons (Fsp3) is 0.364. The summed E-state index contributed by atoms with van der Waals surface area (Å²) in [6.07, 6.45) is 0. The van der Waals surface area contributed by atoms with E-state index >= 15 is 0 Å². The van der Waals surface area contributed by atoms with Gasteiger partial charge in [-0.1, -0.05) is 30.3 Å². The van der Waals surface area contributed by atoms with Crippen LogP contribution in [0.4, 0.5) is 0 Å². The van der Waals surface area contributed by atoms with Crippen LogP contribution in [0.1, 0.15) is 25.5 Å².